The van der Waals surface area contributed by atoms with E-state index < -0.39 is 5.97 Å². The molecule has 0 amide bonds. The van der Waals surface area contributed by atoms with Crippen LogP contribution in [0, 0.1) is 0 Å². The number of pyridine rings is 1. The predicted octanol–water partition coefficient (Wildman–Crippen LogP) is 4.15. The minimum Gasteiger partial charge on any atom is -0.487 e. The average Bonchev–Trinajstić information content (AvgIpc) is 2.71. The van der Waals surface area contributed by atoms with Gasteiger partial charge in [0.05, 0.1) is 11.8 Å². The van der Waals surface area contributed by atoms with Gasteiger partial charge >= 0.3 is 5.97 Å². The van der Waals surface area contributed by atoms with Gasteiger partial charge in [0.25, 0.3) is 0 Å². The van der Waals surface area contributed by atoms with Crippen LogP contribution in [-0.2, 0) is 13.0 Å². The third kappa shape index (κ3) is 3.44. The van der Waals surface area contributed by atoms with E-state index in [1.165, 1.54) is 0 Å². The Morgan fingerprint density at radius 2 is 1.93 bits per heavy atom. The summed E-state index contributed by atoms with van der Waals surface area (Å²) in [6.45, 7) is 0.413. The Kier molecular flexibility index (Phi) is 4.42. The highest BCUT2D eigenvalue weighted by Gasteiger charge is 2.18. The molecule has 1 N–H and O–H groups in total. The Bertz CT molecular complexity index is 1040. The van der Waals surface area contributed by atoms with Crippen molar-refractivity contribution in [3.8, 4) is 16.9 Å². The van der Waals surface area contributed by atoms with Crippen LogP contribution in [0.2, 0.25) is 0 Å². The van der Waals surface area contributed by atoms with Crippen LogP contribution in [0.5, 0.6) is 5.75 Å². The monoisotopic (exact) mass is 359 g/mol. The minimum absolute atomic E-state index is 0.0269. The Morgan fingerprint density at radius 3 is 2.78 bits per heavy atom. The Balaban J connectivity index is 1.51. The number of Topliss-reactive ketones (excluding diaryl/α,β-unsaturated/α-hetero) is 1. The molecule has 3 aromatic rings. The van der Waals surface area contributed by atoms with Gasteiger partial charge in [-0.25, -0.2) is 4.79 Å². The summed E-state index contributed by atoms with van der Waals surface area (Å²) >= 11 is 0. The Morgan fingerprint density at radius 1 is 1.04 bits per heavy atom. The van der Waals surface area contributed by atoms with Crippen molar-refractivity contribution in [1.29, 1.82) is 0 Å². The topological polar surface area (TPSA) is 76.5 Å². The maximum atomic E-state index is 12.6. The van der Waals surface area contributed by atoms with Crippen molar-refractivity contribution in [2.75, 3.05) is 0 Å². The normalized spacial score (nSPS) is 11.9. The van der Waals surface area contributed by atoms with E-state index in [9.17, 15) is 9.59 Å². The molecule has 0 saturated carbocycles. The number of ketones is 1. The number of nitrogens with zero attached hydrogens (tertiary/aromatic N) is 1. The number of aromatic carboxylic acids is 1. The second-order valence-corrected chi connectivity index (χ2v) is 6.46. The Hall–Kier alpha value is -3.47. The quantitative estimate of drug-likeness (QED) is 0.693. The van der Waals surface area contributed by atoms with Gasteiger partial charge in [-0.15, -0.1) is 0 Å². The molecule has 5 nitrogen and oxygen atoms in total. The number of fused-ring (bicyclic) bond motifs is 3. The van der Waals surface area contributed by atoms with Gasteiger partial charge in [-0.1, -0.05) is 24.3 Å². The summed E-state index contributed by atoms with van der Waals surface area (Å²) in [7, 11) is 0. The maximum Gasteiger partial charge on any atom is 0.335 e. The van der Waals surface area contributed by atoms with Crippen LogP contribution < -0.4 is 4.74 Å². The smallest absolute Gasteiger partial charge is 0.335 e. The molecule has 0 fully saturated rings. The zero-order valence-corrected chi connectivity index (χ0v) is 14.5. The van der Waals surface area contributed by atoms with E-state index >= 15 is 0 Å². The summed E-state index contributed by atoms with van der Waals surface area (Å²) in [5.41, 5.74) is 4.74. The fraction of sp³-hybridized carbons (Fsp3) is 0.136. The summed E-state index contributed by atoms with van der Waals surface area (Å²) in [4.78, 5) is 27.7. The van der Waals surface area contributed by atoms with E-state index in [0.717, 1.165) is 28.0 Å². The number of carbonyl (C=O) groups excluding carboxylic acids is 1. The van der Waals surface area contributed by atoms with Crippen LogP contribution in [0.4, 0.5) is 0 Å². The van der Waals surface area contributed by atoms with Gasteiger partial charge in [-0.2, -0.15) is 0 Å². The first-order chi connectivity index (χ1) is 13.1. The number of ether oxygens (including phenoxy) is 1. The molecule has 1 aliphatic rings. The lowest BCUT2D eigenvalue weighted by molar-refractivity contribution is 0.0696. The van der Waals surface area contributed by atoms with Crippen molar-refractivity contribution in [2.45, 2.75) is 19.4 Å². The molecule has 1 aliphatic heterocycles. The lowest BCUT2D eigenvalue weighted by atomic mass is 9.94. The number of carboxylic acids is 1. The number of aryl methyl sites for hydroxylation is 1. The average molecular weight is 359 g/mol. The van der Waals surface area contributed by atoms with Gasteiger partial charge in [0.15, 0.2) is 5.78 Å². The lowest BCUT2D eigenvalue weighted by Crippen LogP contribution is -2.08. The second-order valence-electron chi connectivity index (χ2n) is 6.46. The molecule has 0 radical (unpaired) electrons. The fourth-order valence-electron chi connectivity index (χ4n) is 3.28. The van der Waals surface area contributed by atoms with Crippen molar-refractivity contribution >= 4 is 11.8 Å². The van der Waals surface area contributed by atoms with E-state index in [1.54, 1.807) is 30.6 Å². The highest BCUT2D eigenvalue weighted by Crippen LogP contribution is 2.37. The number of hydrogen-bond donors (Lipinski definition) is 1. The van der Waals surface area contributed by atoms with Crippen molar-refractivity contribution in [1.82, 2.24) is 4.98 Å². The summed E-state index contributed by atoms with van der Waals surface area (Å²) in [5.74, 6) is -0.185. The van der Waals surface area contributed by atoms with Gasteiger partial charge in [0.2, 0.25) is 0 Å². The number of aromatic nitrogens is 1. The molecule has 2 heterocycles. The highest BCUT2D eigenvalue weighted by atomic mass is 16.5. The van der Waals surface area contributed by atoms with E-state index in [2.05, 4.69) is 4.98 Å². The largest absolute Gasteiger partial charge is 0.487 e. The van der Waals surface area contributed by atoms with Crippen LogP contribution in [0.3, 0.4) is 0 Å². The third-order valence-corrected chi connectivity index (χ3v) is 4.70. The van der Waals surface area contributed by atoms with Gasteiger partial charge in [-0.05, 0) is 47.4 Å². The fourth-order valence-corrected chi connectivity index (χ4v) is 3.28. The molecular weight excluding hydrogens is 342 g/mol. The maximum absolute atomic E-state index is 12.6. The number of carbonyl (C=O) groups is 2. The van der Waals surface area contributed by atoms with E-state index in [1.807, 2.05) is 30.3 Å². The summed E-state index contributed by atoms with van der Waals surface area (Å²) in [5, 5.41) is 9.06. The summed E-state index contributed by atoms with van der Waals surface area (Å²) < 4.78 is 5.72. The molecule has 4 rings (SSSR count). The Labute approximate surface area is 156 Å². The summed E-state index contributed by atoms with van der Waals surface area (Å²) in [6.07, 6.45) is 4.25. The van der Waals surface area contributed by atoms with E-state index in [-0.39, 0.29) is 11.3 Å². The first-order valence-electron chi connectivity index (χ1n) is 8.67. The van der Waals surface area contributed by atoms with Crippen LogP contribution in [0.15, 0.2) is 60.9 Å². The zero-order chi connectivity index (χ0) is 18.8. The zero-order valence-electron chi connectivity index (χ0n) is 14.5. The number of benzene rings is 2. The van der Waals surface area contributed by atoms with Crippen LogP contribution in [-0.4, -0.2) is 21.8 Å². The molecule has 2 aromatic carbocycles. The first-order valence-corrected chi connectivity index (χ1v) is 8.67. The van der Waals surface area contributed by atoms with Crippen molar-refractivity contribution in [2.24, 2.45) is 0 Å². The van der Waals surface area contributed by atoms with Crippen LogP contribution >= 0.6 is 0 Å². The summed E-state index contributed by atoms with van der Waals surface area (Å²) in [6, 6.07) is 14.3. The number of hydrogen-bond acceptors (Lipinski definition) is 4. The predicted molar refractivity (Wildman–Crippen MR) is 100 cm³/mol. The molecule has 0 aliphatic carbocycles. The molecule has 5 heteroatoms. The molecule has 0 atom stereocenters. The molecular formula is C22H17NO4. The highest BCUT2D eigenvalue weighted by molar-refractivity contribution is 5.97. The van der Waals surface area contributed by atoms with Gasteiger partial charge in [-0.3, -0.25) is 9.78 Å². The molecule has 0 saturated heterocycles. The minimum atomic E-state index is -0.964. The van der Waals surface area contributed by atoms with Gasteiger partial charge in [0.1, 0.15) is 12.4 Å². The van der Waals surface area contributed by atoms with Crippen molar-refractivity contribution < 1.29 is 19.4 Å². The van der Waals surface area contributed by atoms with Crippen molar-refractivity contribution in [3.05, 3.63) is 83.2 Å². The molecule has 0 spiro atoms. The van der Waals surface area contributed by atoms with Crippen molar-refractivity contribution in [3.63, 3.8) is 0 Å². The third-order valence-electron chi connectivity index (χ3n) is 4.70. The van der Waals surface area contributed by atoms with Crippen LogP contribution in [0.1, 0.15) is 38.3 Å². The van der Waals surface area contributed by atoms with E-state index in [0.29, 0.717) is 25.0 Å². The first kappa shape index (κ1) is 17.0. The number of carboxylic acid groups (broad SMARTS) is 1. The standard InChI is InChI=1S/C22H17NO4/c24-20(7-4-14-2-1-3-16(10-14)22(25)26)15-5-6-18-17(11-15)13-27-21-12-23-9-8-19(18)21/h1-3,5-6,8-12H,4,7,13H2,(H,25,26). The molecule has 1 aromatic heterocycles. The molecule has 27 heavy (non-hydrogen) atoms. The van der Waals surface area contributed by atoms with E-state index in [4.69, 9.17) is 9.84 Å². The lowest BCUT2D eigenvalue weighted by Gasteiger charge is -2.20. The SMILES string of the molecule is O=C(O)c1cccc(CCC(=O)c2ccc3c(c2)COc2cnccc2-3)c1. The molecule has 0 bridgehead atoms. The second kappa shape index (κ2) is 7.03. The number of rotatable bonds is 5. The van der Waals surface area contributed by atoms with Gasteiger partial charge in [0, 0.05) is 23.7 Å². The molecule has 134 valence electrons. The molecule has 0 unspecified atom stereocenters. The van der Waals surface area contributed by atoms with Crippen LogP contribution in [0.25, 0.3) is 11.1 Å². The van der Waals surface area contributed by atoms with Gasteiger partial charge < -0.3 is 9.84 Å².